The van der Waals surface area contributed by atoms with Gasteiger partial charge in [-0.25, -0.2) is 32.2 Å². The first kappa shape index (κ1) is 25.2. The van der Waals surface area contributed by atoms with Gasteiger partial charge in [-0.3, -0.25) is 4.72 Å². The molecule has 2 heterocycles. The van der Waals surface area contributed by atoms with E-state index in [1.807, 2.05) is 13.0 Å². The molecule has 188 valence electrons. The molecule has 2 aromatic carbocycles. The Morgan fingerprint density at radius 3 is 2.58 bits per heavy atom. The Morgan fingerprint density at radius 2 is 1.86 bits per heavy atom. The molecule has 3 N–H and O–H groups in total. The minimum Gasteiger partial charge on any atom is -0.491 e. The van der Waals surface area contributed by atoms with Crippen LogP contribution in [0.5, 0.6) is 11.6 Å². The van der Waals surface area contributed by atoms with E-state index in [0.29, 0.717) is 48.0 Å². The van der Waals surface area contributed by atoms with Gasteiger partial charge in [-0.2, -0.15) is 0 Å². The van der Waals surface area contributed by atoms with E-state index in [2.05, 4.69) is 19.7 Å². The fourth-order valence-electron chi connectivity index (χ4n) is 3.54. The number of hydrogen-bond donors (Lipinski definition) is 2. The van der Waals surface area contributed by atoms with E-state index < -0.39 is 26.6 Å². The SMILES string of the molecule is COc1ncc(-c2cc(OCCCN)c3ncnc(C)c3c2)cc1NS(=O)(=O)c1ccc(F)cc1F. The smallest absolute Gasteiger partial charge is 0.264 e. The summed E-state index contributed by atoms with van der Waals surface area (Å²) in [5.74, 6) is -1.65. The topological polar surface area (TPSA) is 129 Å². The average molecular weight is 516 g/mol. The molecule has 0 atom stereocenters. The number of rotatable bonds is 9. The van der Waals surface area contributed by atoms with Crippen LogP contribution >= 0.6 is 0 Å². The number of methoxy groups -OCH3 is 1. The monoisotopic (exact) mass is 515 g/mol. The Kier molecular flexibility index (Phi) is 7.27. The second-order valence-electron chi connectivity index (χ2n) is 7.78. The van der Waals surface area contributed by atoms with E-state index in [1.54, 1.807) is 6.07 Å². The molecule has 9 nitrogen and oxygen atoms in total. The number of pyridine rings is 1. The predicted molar refractivity (Wildman–Crippen MR) is 130 cm³/mol. The molecule has 0 fully saturated rings. The standard InChI is InChI=1S/C24H23F2N5O4S/c1-14-18-8-15(10-21(35-7-3-6-27)23(18)30-13-29-14)16-9-20(24(34-2)28-12-16)31-36(32,33)22-5-4-17(25)11-19(22)26/h4-5,8-13,31H,3,6-7,27H2,1-2H3. The summed E-state index contributed by atoms with van der Waals surface area (Å²) in [5, 5.41) is 0.740. The Morgan fingerprint density at radius 1 is 1.06 bits per heavy atom. The third-order valence-corrected chi connectivity index (χ3v) is 6.71. The molecule has 0 aliphatic heterocycles. The van der Waals surface area contributed by atoms with E-state index in [-0.39, 0.29) is 11.6 Å². The quantitative estimate of drug-likeness (QED) is 0.322. The highest BCUT2D eigenvalue weighted by molar-refractivity contribution is 7.92. The van der Waals surface area contributed by atoms with Gasteiger partial charge in [0.05, 0.1) is 13.7 Å². The summed E-state index contributed by atoms with van der Waals surface area (Å²) >= 11 is 0. The Bertz CT molecular complexity index is 1530. The van der Waals surface area contributed by atoms with E-state index >= 15 is 0 Å². The lowest BCUT2D eigenvalue weighted by molar-refractivity contribution is 0.316. The number of benzene rings is 2. The number of sulfonamides is 1. The van der Waals surface area contributed by atoms with Crippen LogP contribution in [-0.2, 0) is 10.0 Å². The number of nitrogens with one attached hydrogen (secondary N) is 1. The molecule has 12 heteroatoms. The van der Waals surface area contributed by atoms with Gasteiger partial charge in [0.25, 0.3) is 10.0 Å². The maximum Gasteiger partial charge on any atom is 0.264 e. The number of ether oxygens (including phenoxy) is 2. The second kappa shape index (κ2) is 10.4. The van der Waals surface area contributed by atoms with Crippen LogP contribution in [-0.4, -0.2) is 43.6 Å². The molecule has 0 saturated carbocycles. The molecule has 0 amide bonds. The van der Waals surface area contributed by atoms with E-state index in [0.717, 1.165) is 23.2 Å². The molecular formula is C24H23F2N5O4S. The third kappa shape index (κ3) is 5.19. The van der Waals surface area contributed by atoms with Crippen LogP contribution in [0, 0.1) is 18.6 Å². The molecule has 0 bridgehead atoms. The summed E-state index contributed by atoms with van der Waals surface area (Å²) in [4.78, 5) is 12.1. The van der Waals surface area contributed by atoms with E-state index in [1.165, 1.54) is 25.7 Å². The van der Waals surface area contributed by atoms with Gasteiger partial charge in [-0.1, -0.05) is 0 Å². The van der Waals surface area contributed by atoms with Crippen molar-refractivity contribution >= 4 is 26.6 Å². The minimum absolute atomic E-state index is 0.0366. The Balaban J connectivity index is 1.79. The molecule has 4 aromatic rings. The van der Waals surface area contributed by atoms with Crippen LogP contribution in [0.25, 0.3) is 22.0 Å². The number of fused-ring (bicyclic) bond motifs is 1. The molecule has 0 unspecified atom stereocenters. The largest absolute Gasteiger partial charge is 0.491 e. The van der Waals surface area contributed by atoms with Gasteiger partial charge in [-0.15, -0.1) is 0 Å². The summed E-state index contributed by atoms with van der Waals surface area (Å²) in [6.45, 7) is 2.68. The van der Waals surface area contributed by atoms with Crippen molar-refractivity contribution in [3.05, 3.63) is 66.3 Å². The van der Waals surface area contributed by atoms with Gasteiger partial charge in [0.15, 0.2) is 0 Å². The van der Waals surface area contributed by atoms with Crippen LogP contribution in [0.2, 0.25) is 0 Å². The van der Waals surface area contributed by atoms with Crippen LogP contribution in [0.4, 0.5) is 14.5 Å². The van der Waals surface area contributed by atoms with Crippen LogP contribution in [0.3, 0.4) is 0 Å². The summed E-state index contributed by atoms with van der Waals surface area (Å²) in [7, 11) is -3.11. The van der Waals surface area contributed by atoms with E-state index in [4.69, 9.17) is 15.2 Å². The zero-order valence-corrected chi connectivity index (χ0v) is 20.3. The Hall–Kier alpha value is -3.90. The first-order valence-corrected chi connectivity index (χ1v) is 12.3. The van der Waals surface area contributed by atoms with Gasteiger partial charge < -0.3 is 15.2 Å². The summed E-state index contributed by atoms with van der Waals surface area (Å²) < 4.78 is 66.6. The van der Waals surface area contributed by atoms with Crippen molar-refractivity contribution in [1.29, 1.82) is 0 Å². The van der Waals surface area contributed by atoms with Crippen LogP contribution in [0.15, 0.2) is 53.8 Å². The highest BCUT2D eigenvalue weighted by Crippen LogP contribution is 2.35. The van der Waals surface area contributed by atoms with Gasteiger partial charge >= 0.3 is 0 Å². The number of aryl methyl sites for hydroxylation is 1. The van der Waals surface area contributed by atoms with Gasteiger partial charge in [0.1, 0.15) is 39.8 Å². The molecule has 0 saturated heterocycles. The number of halogens is 2. The van der Waals surface area contributed by atoms with Crippen LogP contribution in [0.1, 0.15) is 12.1 Å². The van der Waals surface area contributed by atoms with Crippen molar-refractivity contribution in [2.45, 2.75) is 18.2 Å². The summed E-state index contributed by atoms with van der Waals surface area (Å²) in [6, 6.07) is 7.28. The number of nitrogens with two attached hydrogens (primary N) is 1. The van der Waals surface area contributed by atoms with Gasteiger partial charge in [-0.05, 0) is 55.8 Å². The van der Waals surface area contributed by atoms with Crippen molar-refractivity contribution in [3.63, 3.8) is 0 Å². The number of nitrogens with zero attached hydrogens (tertiary/aromatic N) is 3. The molecule has 36 heavy (non-hydrogen) atoms. The zero-order chi connectivity index (χ0) is 25.9. The minimum atomic E-state index is -4.42. The molecule has 0 spiro atoms. The molecule has 2 aromatic heterocycles. The van der Waals surface area contributed by atoms with Crippen LogP contribution < -0.4 is 19.9 Å². The van der Waals surface area contributed by atoms with Gasteiger partial charge in [0, 0.05) is 28.9 Å². The molecule has 0 radical (unpaired) electrons. The Labute approximate surface area is 206 Å². The fourth-order valence-corrected chi connectivity index (χ4v) is 4.65. The van der Waals surface area contributed by atoms with Crippen molar-refractivity contribution in [3.8, 4) is 22.8 Å². The fraction of sp³-hybridized carbons (Fsp3) is 0.208. The maximum absolute atomic E-state index is 14.2. The number of anilines is 1. The van der Waals surface area contributed by atoms with Crippen molar-refractivity contribution in [2.75, 3.05) is 25.0 Å². The molecule has 0 aliphatic rings. The van der Waals surface area contributed by atoms with Gasteiger partial charge in [0.2, 0.25) is 5.88 Å². The lowest BCUT2D eigenvalue weighted by Crippen LogP contribution is -2.15. The average Bonchev–Trinajstić information content (AvgIpc) is 2.84. The maximum atomic E-state index is 14.2. The highest BCUT2D eigenvalue weighted by atomic mass is 32.2. The molecule has 0 aliphatic carbocycles. The first-order chi connectivity index (χ1) is 17.2. The zero-order valence-electron chi connectivity index (χ0n) is 19.5. The summed E-state index contributed by atoms with van der Waals surface area (Å²) in [5.41, 5.74) is 8.05. The summed E-state index contributed by atoms with van der Waals surface area (Å²) in [6.07, 6.45) is 3.59. The van der Waals surface area contributed by atoms with Crippen molar-refractivity contribution in [2.24, 2.45) is 5.73 Å². The molecule has 4 rings (SSSR count). The second-order valence-corrected chi connectivity index (χ2v) is 9.43. The molecular weight excluding hydrogens is 492 g/mol. The lowest BCUT2D eigenvalue weighted by atomic mass is 10.0. The third-order valence-electron chi connectivity index (χ3n) is 5.31. The highest BCUT2D eigenvalue weighted by Gasteiger charge is 2.22. The predicted octanol–water partition coefficient (Wildman–Crippen LogP) is 3.82. The number of aromatic nitrogens is 3. The van der Waals surface area contributed by atoms with E-state index in [9.17, 15) is 17.2 Å². The van der Waals surface area contributed by atoms with Crippen molar-refractivity contribution < 1.29 is 26.7 Å². The lowest BCUT2D eigenvalue weighted by Gasteiger charge is -2.15. The number of hydrogen-bond acceptors (Lipinski definition) is 8. The first-order valence-electron chi connectivity index (χ1n) is 10.8. The normalized spacial score (nSPS) is 11.5. The van der Waals surface area contributed by atoms with Crippen molar-refractivity contribution in [1.82, 2.24) is 15.0 Å².